The Labute approximate surface area is 476 Å². The van der Waals surface area contributed by atoms with Crippen molar-refractivity contribution < 1.29 is 4.42 Å². The molecular weight excluding hydrogens is 956 g/mol. The van der Waals surface area contributed by atoms with Crippen LogP contribution >= 0.6 is 0 Å². The lowest BCUT2D eigenvalue weighted by atomic mass is 9.33. The summed E-state index contributed by atoms with van der Waals surface area (Å²) >= 11 is 0. The highest BCUT2D eigenvalue weighted by atomic mass is 16.4. The van der Waals surface area contributed by atoms with Gasteiger partial charge in [-0.1, -0.05) is 168 Å². The van der Waals surface area contributed by atoms with Gasteiger partial charge in [0.05, 0.1) is 0 Å². The summed E-state index contributed by atoms with van der Waals surface area (Å²) in [5, 5.41) is 1.22. The van der Waals surface area contributed by atoms with Crippen molar-refractivity contribution in [2.45, 2.75) is 239 Å². The monoisotopic (exact) mass is 1050 g/mol. The fourth-order valence-electron chi connectivity index (χ4n) is 16.2. The van der Waals surface area contributed by atoms with E-state index >= 15 is 0 Å². The third kappa shape index (κ3) is 7.77. The van der Waals surface area contributed by atoms with Crippen molar-refractivity contribution in [1.82, 2.24) is 0 Å². The van der Waals surface area contributed by atoms with Gasteiger partial charge in [-0.25, -0.2) is 0 Å². The van der Waals surface area contributed by atoms with Crippen LogP contribution < -0.4 is 26.2 Å². The largest absolute Gasteiger partial charge is 0.440 e. The molecule has 2 aliphatic heterocycles. The van der Waals surface area contributed by atoms with Gasteiger partial charge < -0.3 is 9.32 Å². The van der Waals surface area contributed by atoms with Gasteiger partial charge in [0.2, 0.25) is 5.88 Å². The summed E-state index contributed by atoms with van der Waals surface area (Å²) in [4.78, 5) is 5.35. The molecule has 4 heteroatoms. The van der Waals surface area contributed by atoms with Crippen molar-refractivity contribution in [3.8, 4) is 11.1 Å². The van der Waals surface area contributed by atoms with Gasteiger partial charge in [-0.3, -0.25) is 4.90 Å². The van der Waals surface area contributed by atoms with Crippen molar-refractivity contribution in [2.75, 3.05) is 9.80 Å². The summed E-state index contributed by atoms with van der Waals surface area (Å²) in [7, 11) is 0. The predicted octanol–water partition coefficient (Wildman–Crippen LogP) is 19.2. The van der Waals surface area contributed by atoms with Gasteiger partial charge in [-0.05, 0) is 239 Å². The van der Waals surface area contributed by atoms with E-state index in [1.807, 2.05) is 0 Å². The number of rotatable bonds is 3. The van der Waals surface area contributed by atoms with Crippen LogP contribution in [0.2, 0.25) is 0 Å². The number of anilines is 6. The number of hydrogen-bond donors (Lipinski definition) is 0. The first-order valence-electron chi connectivity index (χ1n) is 30.6. The van der Waals surface area contributed by atoms with E-state index in [9.17, 15) is 0 Å². The van der Waals surface area contributed by atoms with E-state index in [1.165, 1.54) is 143 Å². The SMILES string of the molecule is Cc1cc2c(cc1-c1cc3c4c(c1)N(c1ccc5c(c1)C(C)(C)CCC5(C)C)c1oc5ccc(C(C)(C)C)cc5c1B4c1cc4c(cc1N3c1ccc3c(c1)C(C)(C)CCC3(C)C)C(C)(C)CCC4(C)C)C(C)(C)CCC2(C)C. The molecule has 79 heavy (non-hydrogen) atoms. The quantitative estimate of drug-likeness (QED) is 0.164. The standard InChI is InChI=1S/C75H91BN2O/c1-44-35-53-56(73(15,16)32-31-70(53,9)10)41-49(44)45-36-61-65-62(37-45)78(48-23-25-52-55(40-48)72(13,14)30-28-69(52,7)8)66-64(50-38-46(67(2,3)4)21-26-63(50)79-66)76(65)59-42-57-58(75(19,20)34-33-74(57,17)18)43-60(59)77(61)47-22-24-51-54(39-47)71(11,12)29-27-68(51,5)6/h21-26,35-43H,27-34H2,1-20H3. The maximum absolute atomic E-state index is 7.64. The number of nitrogens with zero attached hydrogens (tertiary/aromatic N) is 2. The third-order valence-electron chi connectivity index (χ3n) is 22.2. The summed E-state index contributed by atoms with van der Waals surface area (Å²) < 4.78 is 7.64. The molecule has 0 atom stereocenters. The molecule has 410 valence electrons. The zero-order valence-corrected chi connectivity index (χ0v) is 52.2. The van der Waals surface area contributed by atoms with Crippen LogP contribution in [0.25, 0.3) is 22.1 Å². The maximum atomic E-state index is 7.64. The Kier molecular flexibility index (Phi) is 11.0. The lowest BCUT2D eigenvalue weighted by molar-refractivity contribution is 0.332. The lowest BCUT2D eigenvalue weighted by Crippen LogP contribution is -2.61. The minimum Gasteiger partial charge on any atom is -0.440 e. The Morgan fingerprint density at radius 3 is 1.32 bits per heavy atom. The number of furan rings is 1. The summed E-state index contributed by atoms with van der Waals surface area (Å²) in [6, 6.07) is 38.1. The van der Waals surface area contributed by atoms with Crippen LogP contribution in [0.5, 0.6) is 0 Å². The summed E-state index contributed by atoms with van der Waals surface area (Å²) in [6.45, 7) is 49.1. The summed E-state index contributed by atoms with van der Waals surface area (Å²) in [6.07, 6.45) is 9.35. The molecule has 6 aliphatic rings. The average Bonchev–Trinajstić information content (AvgIpc) is 4.03. The highest BCUT2D eigenvalue weighted by Crippen LogP contribution is 2.56. The van der Waals surface area contributed by atoms with Crippen LogP contribution in [-0.4, -0.2) is 6.71 Å². The Balaban J connectivity index is 1.21. The zero-order chi connectivity index (χ0) is 56.5. The molecule has 4 aliphatic carbocycles. The van der Waals surface area contributed by atoms with Crippen LogP contribution in [0.1, 0.15) is 239 Å². The van der Waals surface area contributed by atoms with Crippen LogP contribution in [0, 0.1) is 6.92 Å². The molecule has 0 N–H and O–H groups in total. The van der Waals surface area contributed by atoms with Crippen LogP contribution in [0.15, 0.2) is 95.4 Å². The molecule has 6 aromatic carbocycles. The Hall–Kier alpha value is -5.48. The first-order valence-corrected chi connectivity index (χ1v) is 30.6. The fourth-order valence-corrected chi connectivity index (χ4v) is 16.2. The van der Waals surface area contributed by atoms with Crippen molar-refractivity contribution in [3.63, 3.8) is 0 Å². The molecule has 0 fully saturated rings. The second-order valence-corrected chi connectivity index (χ2v) is 32.5. The van der Waals surface area contributed by atoms with Gasteiger partial charge in [-0.2, -0.15) is 0 Å². The van der Waals surface area contributed by atoms with E-state index in [4.69, 9.17) is 4.42 Å². The third-order valence-corrected chi connectivity index (χ3v) is 22.2. The Morgan fingerprint density at radius 2 is 0.823 bits per heavy atom. The minimum absolute atomic E-state index is 0.00872. The second-order valence-electron chi connectivity index (χ2n) is 32.5. The molecule has 0 unspecified atom stereocenters. The molecule has 0 bridgehead atoms. The maximum Gasteiger partial charge on any atom is 0.257 e. The predicted molar refractivity (Wildman–Crippen MR) is 340 cm³/mol. The van der Waals surface area contributed by atoms with Crippen molar-refractivity contribution in [2.24, 2.45) is 0 Å². The Bertz CT molecular complexity index is 3760. The van der Waals surface area contributed by atoms with Gasteiger partial charge >= 0.3 is 0 Å². The van der Waals surface area contributed by atoms with Gasteiger partial charge in [0.1, 0.15) is 5.58 Å². The molecule has 7 aromatic rings. The molecule has 13 rings (SSSR count). The smallest absolute Gasteiger partial charge is 0.257 e. The van der Waals surface area contributed by atoms with Crippen LogP contribution in [0.3, 0.4) is 0 Å². The second kappa shape index (κ2) is 16.4. The lowest BCUT2D eigenvalue weighted by Gasteiger charge is -2.47. The molecule has 1 aromatic heterocycles. The van der Waals surface area contributed by atoms with Gasteiger partial charge in [0, 0.05) is 39.3 Å². The first kappa shape index (κ1) is 52.9. The fraction of sp³-hybridized carbons (Fsp3) is 0.493. The summed E-state index contributed by atoms with van der Waals surface area (Å²) in [5.41, 5.74) is 28.8. The minimum atomic E-state index is -0.0930. The molecule has 0 spiro atoms. The van der Waals surface area contributed by atoms with Gasteiger partial charge in [0.25, 0.3) is 6.71 Å². The van der Waals surface area contributed by atoms with E-state index in [0.717, 1.165) is 37.2 Å². The molecular formula is C75H91BN2O. The highest BCUT2D eigenvalue weighted by molar-refractivity contribution is 7.01. The van der Waals surface area contributed by atoms with Crippen molar-refractivity contribution in [3.05, 3.63) is 147 Å². The van der Waals surface area contributed by atoms with E-state index in [2.05, 4.69) is 239 Å². The van der Waals surface area contributed by atoms with Gasteiger partial charge in [0.15, 0.2) is 0 Å². The van der Waals surface area contributed by atoms with Crippen molar-refractivity contribution >= 4 is 68.4 Å². The average molecular weight is 1050 g/mol. The molecule has 3 nitrogen and oxygen atoms in total. The number of fused-ring (bicyclic) bond motifs is 10. The topological polar surface area (TPSA) is 19.6 Å². The van der Waals surface area contributed by atoms with Crippen LogP contribution in [-0.2, 0) is 48.7 Å². The van der Waals surface area contributed by atoms with Crippen molar-refractivity contribution in [1.29, 1.82) is 0 Å². The Morgan fingerprint density at radius 1 is 0.405 bits per heavy atom. The zero-order valence-electron chi connectivity index (χ0n) is 52.2. The van der Waals surface area contributed by atoms with Crippen LogP contribution in [0.4, 0.5) is 34.3 Å². The molecule has 0 radical (unpaired) electrons. The summed E-state index contributed by atoms with van der Waals surface area (Å²) in [5.74, 6) is 0.953. The van der Waals surface area contributed by atoms with E-state index in [1.54, 1.807) is 0 Å². The molecule has 3 heterocycles. The highest BCUT2D eigenvalue weighted by Gasteiger charge is 2.50. The number of aryl methyl sites for hydroxylation is 1. The van der Waals surface area contributed by atoms with E-state index in [-0.39, 0.29) is 55.4 Å². The van der Waals surface area contributed by atoms with E-state index < -0.39 is 0 Å². The van der Waals surface area contributed by atoms with E-state index in [0.29, 0.717) is 0 Å². The molecule has 0 saturated heterocycles. The number of benzene rings is 6. The molecule has 0 amide bonds. The first-order chi connectivity index (χ1) is 36.6. The normalized spacial score (nSPS) is 21.7. The molecule has 0 saturated carbocycles. The number of hydrogen-bond acceptors (Lipinski definition) is 3. The van der Waals surface area contributed by atoms with Gasteiger partial charge in [-0.15, -0.1) is 0 Å².